The van der Waals surface area contributed by atoms with Crippen LogP contribution in [0, 0.1) is 5.92 Å². The molecular formula is C28H46F3N5O6. The summed E-state index contributed by atoms with van der Waals surface area (Å²) in [6.07, 6.45) is -7.86. The molecule has 0 heterocycles. The average Bonchev–Trinajstić information content (AvgIpc) is 2.87. The molecule has 0 saturated carbocycles. The number of amides is 5. The summed E-state index contributed by atoms with van der Waals surface area (Å²) in [5, 5.41) is 18.3. The van der Waals surface area contributed by atoms with Gasteiger partial charge in [-0.1, -0.05) is 71.4 Å². The number of hydrogen-bond donors (Lipinski definition) is 6. The second-order valence-electron chi connectivity index (χ2n) is 10.0. The molecule has 1 aromatic carbocycles. The lowest BCUT2D eigenvalue weighted by molar-refractivity contribution is -0.212. The number of halogens is 3. The zero-order valence-electron chi connectivity index (χ0n) is 25.1. The van der Waals surface area contributed by atoms with Gasteiger partial charge in [-0.05, 0) is 17.9 Å². The van der Waals surface area contributed by atoms with E-state index in [1.807, 2.05) is 5.32 Å². The van der Waals surface area contributed by atoms with Crippen molar-refractivity contribution < 1.29 is 42.3 Å². The molecule has 0 aliphatic heterocycles. The van der Waals surface area contributed by atoms with Crippen LogP contribution in [0.1, 0.15) is 66.4 Å². The Hall–Kier alpha value is -3.68. The third-order valence-electron chi connectivity index (χ3n) is 4.62. The van der Waals surface area contributed by atoms with E-state index in [0.717, 1.165) is 5.92 Å². The molecule has 1 aromatic rings. The van der Waals surface area contributed by atoms with Crippen LogP contribution in [-0.2, 0) is 30.4 Å². The van der Waals surface area contributed by atoms with E-state index in [1.54, 1.807) is 30.3 Å². The topological polar surface area (TPSA) is 180 Å². The highest BCUT2D eigenvalue weighted by Crippen LogP contribution is 2.24. The number of aliphatic hydroxyl groups is 1. The van der Waals surface area contributed by atoms with Crippen molar-refractivity contribution in [1.82, 2.24) is 21.3 Å². The summed E-state index contributed by atoms with van der Waals surface area (Å²) in [5.41, 5.74) is 5.59. The molecule has 0 spiro atoms. The van der Waals surface area contributed by atoms with Gasteiger partial charge < -0.3 is 32.1 Å². The first-order valence-corrected chi connectivity index (χ1v) is 13.6. The van der Waals surface area contributed by atoms with E-state index < -0.39 is 79.8 Å². The maximum atomic E-state index is 12.9. The van der Waals surface area contributed by atoms with E-state index in [4.69, 9.17) is 5.73 Å². The third-order valence-corrected chi connectivity index (χ3v) is 4.62. The Morgan fingerprint density at radius 3 is 1.83 bits per heavy atom. The zero-order valence-corrected chi connectivity index (χ0v) is 25.1. The molecule has 1 rings (SSSR count). The smallest absolute Gasteiger partial charge is 0.382 e. The van der Waals surface area contributed by atoms with Crippen LogP contribution in [0.2, 0.25) is 0 Å². The number of benzene rings is 1. The fraction of sp³-hybridized carbons (Fsp3) is 0.607. The first-order chi connectivity index (χ1) is 19.4. The number of nitrogens with one attached hydrogen (secondary N) is 4. The second kappa shape index (κ2) is 22.0. The number of carbonyl (C=O) groups excluding carboxylic acids is 5. The Balaban J connectivity index is 0. The summed E-state index contributed by atoms with van der Waals surface area (Å²) in [6, 6.07) is 5.48. The van der Waals surface area contributed by atoms with Crippen LogP contribution in [0.4, 0.5) is 13.2 Å². The Morgan fingerprint density at radius 2 is 1.38 bits per heavy atom. The predicted octanol–water partition coefficient (Wildman–Crippen LogP) is 1.72. The largest absolute Gasteiger partial charge is 0.416 e. The molecule has 240 valence electrons. The summed E-state index contributed by atoms with van der Waals surface area (Å²) < 4.78 is 38.6. The molecule has 0 bridgehead atoms. The van der Waals surface area contributed by atoms with E-state index in [1.165, 1.54) is 13.3 Å². The zero-order chi connectivity index (χ0) is 32.9. The molecule has 7 N–H and O–H groups in total. The molecule has 0 fully saturated rings. The maximum Gasteiger partial charge on any atom is 0.416 e. The Morgan fingerprint density at radius 1 is 0.905 bits per heavy atom. The van der Waals surface area contributed by atoms with E-state index in [9.17, 15) is 42.3 Å². The lowest BCUT2D eigenvalue weighted by atomic mass is 10.0. The van der Waals surface area contributed by atoms with Gasteiger partial charge in [0.2, 0.25) is 29.5 Å². The molecule has 0 aliphatic carbocycles. The molecule has 3 atom stereocenters. The van der Waals surface area contributed by atoms with Crippen molar-refractivity contribution in [1.29, 1.82) is 0 Å². The summed E-state index contributed by atoms with van der Waals surface area (Å²) in [6.45, 7) is 10.8. The highest BCUT2D eigenvalue weighted by Gasteiger charge is 2.44. The SMILES string of the molecule is CC(=O)NCC(=O)N[C@@H](Cc1ccccc1)C(=O)NCC(=O)NC(CCC(N)=O)C(O)C(F)(F)F.CC(C)C.CCC. The van der Waals surface area contributed by atoms with Gasteiger partial charge in [0.15, 0.2) is 6.10 Å². The van der Waals surface area contributed by atoms with Gasteiger partial charge in [-0.25, -0.2) is 0 Å². The van der Waals surface area contributed by atoms with Crippen LogP contribution < -0.4 is 27.0 Å². The van der Waals surface area contributed by atoms with E-state index >= 15 is 0 Å². The monoisotopic (exact) mass is 605 g/mol. The van der Waals surface area contributed by atoms with Crippen LogP contribution in [0.25, 0.3) is 0 Å². The summed E-state index contributed by atoms with van der Waals surface area (Å²) >= 11 is 0. The maximum absolute atomic E-state index is 12.9. The van der Waals surface area contributed by atoms with Gasteiger partial charge in [-0.3, -0.25) is 24.0 Å². The standard InChI is InChI=1S/C21H28F3N5O6.C4H10.C3H8/c1-12(30)26-10-17(32)29-15(9-13-5-3-2-4-6-13)20(35)27-11-18(33)28-14(7-8-16(25)31)19(34)21(22,23)24;1-4(2)3;1-3-2/h2-6,14-15,19,34H,7-11H2,1H3,(H2,25,31)(H,26,30)(H,27,35)(H,28,33)(H,29,32);4H,1-3H3;3H2,1-2H3/t14?,15-,19?;;/m0../s1. The Kier molecular flexibility index (Phi) is 21.2. The van der Waals surface area contributed by atoms with Gasteiger partial charge >= 0.3 is 6.18 Å². The highest BCUT2D eigenvalue weighted by atomic mass is 19.4. The minimum absolute atomic E-state index is 0.0220. The summed E-state index contributed by atoms with van der Waals surface area (Å²) in [4.78, 5) is 58.8. The van der Waals surface area contributed by atoms with Crippen LogP contribution in [-0.4, -0.2) is 72.1 Å². The Labute approximate surface area is 245 Å². The van der Waals surface area contributed by atoms with Crippen LogP contribution in [0.3, 0.4) is 0 Å². The van der Waals surface area contributed by atoms with Crippen molar-refractivity contribution >= 4 is 29.5 Å². The number of carbonyl (C=O) groups is 5. The van der Waals surface area contributed by atoms with Gasteiger partial charge in [-0.2, -0.15) is 13.2 Å². The van der Waals surface area contributed by atoms with E-state index in [2.05, 4.69) is 50.6 Å². The van der Waals surface area contributed by atoms with Gasteiger partial charge in [0.05, 0.1) is 19.1 Å². The van der Waals surface area contributed by atoms with Crippen molar-refractivity contribution in [2.75, 3.05) is 13.1 Å². The minimum atomic E-state index is -5.07. The third kappa shape index (κ3) is 22.1. The van der Waals surface area contributed by atoms with E-state index in [0.29, 0.717) is 5.56 Å². The summed E-state index contributed by atoms with van der Waals surface area (Å²) in [7, 11) is 0. The molecule has 14 heteroatoms. The van der Waals surface area contributed by atoms with E-state index in [-0.39, 0.29) is 6.42 Å². The normalized spacial score (nSPS) is 12.6. The Bertz CT molecular complexity index is 958. The van der Waals surface area contributed by atoms with Gasteiger partial charge in [-0.15, -0.1) is 0 Å². The predicted molar refractivity (Wildman–Crippen MR) is 153 cm³/mol. The average molecular weight is 606 g/mol. The first kappa shape index (κ1) is 40.5. The number of rotatable bonds is 13. The molecule has 0 saturated heterocycles. The molecule has 5 amide bonds. The lowest BCUT2D eigenvalue weighted by Crippen LogP contribution is -2.54. The summed E-state index contributed by atoms with van der Waals surface area (Å²) in [5.74, 6) is -3.12. The number of alkyl halides is 3. The van der Waals surface area contributed by atoms with Crippen molar-refractivity contribution in [3.05, 3.63) is 35.9 Å². The number of nitrogens with two attached hydrogens (primary N) is 1. The van der Waals surface area contributed by atoms with Gasteiger partial charge in [0.1, 0.15) is 6.04 Å². The fourth-order valence-corrected chi connectivity index (χ4v) is 2.89. The molecule has 0 aromatic heterocycles. The van der Waals surface area contributed by atoms with Crippen LogP contribution in [0.15, 0.2) is 30.3 Å². The fourth-order valence-electron chi connectivity index (χ4n) is 2.89. The van der Waals surface area contributed by atoms with Crippen molar-refractivity contribution in [2.24, 2.45) is 11.7 Å². The minimum Gasteiger partial charge on any atom is -0.382 e. The van der Waals surface area contributed by atoms with Crippen molar-refractivity contribution in [3.8, 4) is 0 Å². The van der Waals surface area contributed by atoms with Gasteiger partial charge in [0.25, 0.3) is 0 Å². The van der Waals surface area contributed by atoms with Crippen LogP contribution in [0.5, 0.6) is 0 Å². The quantitative estimate of drug-likeness (QED) is 0.199. The molecule has 42 heavy (non-hydrogen) atoms. The molecule has 0 aliphatic rings. The van der Waals surface area contributed by atoms with Crippen molar-refractivity contribution in [3.63, 3.8) is 0 Å². The number of primary amides is 1. The molecular weight excluding hydrogens is 559 g/mol. The van der Waals surface area contributed by atoms with Gasteiger partial charge in [0, 0.05) is 19.8 Å². The van der Waals surface area contributed by atoms with Crippen LogP contribution >= 0.6 is 0 Å². The number of aliphatic hydroxyl groups excluding tert-OH is 1. The number of hydrogen-bond acceptors (Lipinski definition) is 6. The highest BCUT2D eigenvalue weighted by molar-refractivity contribution is 5.92. The molecule has 2 unspecified atom stereocenters. The van der Waals surface area contributed by atoms with Crippen molar-refractivity contribution in [2.45, 2.75) is 91.6 Å². The second-order valence-corrected chi connectivity index (χ2v) is 10.0. The lowest BCUT2D eigenvalue weighted by Gasteiger charge is -2.26. The first-order valence-electron chi connectivity index (χ1n) is 13.6. The molecule has 11 nitrogen and oxygen atoms in total. The molecule has 0 radical (unpaired) electrons.